The van der Waals surface area contributed by atoms with E-state index in [9.17, 15) is 9.59 Å². The molecule has 0 aliphatic carbocycles. The zero-order chi connectivity index (χ0) is 17.8. The highest BCUT2D eigenvalue weighted by atomic mass is 35.5. The van der Waals surface area contributed by atoms with E-state index in [2.05, 4.69) is 21.0 Å². The number of hydrogen-bond donors (Lipinski definition) is 2. The SMILES string of the molecule is Cc1noc(-c2ccc(C(=O)NNC(=O)c3ccccc3Cl)cc2)n1. The molecule has 126 valence electrons. The summed E-state index contributed by atoms with van der Waals surface area (Å²) in [7, 11) is 0. The van der Waals surface area contributed by atoms with Gasteiger partial charge in [0, 0.05) is 11.1 Å². The van der Waals surface area contributed by atoms with Gasteiger partial charge >= 0.3 is 0 Å². The molecule has 0 atom stereocenters. The smallest absolute Gasteiger partial charge is 0.271 e. The third-order valence-corrected chi connectivity index (χ3v) is 3.66. The van der Waals surface area contributed by atoms with Gasteiger partial charge in [-0.2, -0.15) is 4.98 Å². The molecule has 25 heavy (non-hydrogen) atoms. The van der Waals surface area contributed by atoms with Crippen molar-refractivity contribution in [2.75, 3.05) is 0 Å². The maximum absolute atomic E-state index is 12.1. The Morgan fingerprint density at radius 2 is 1.68 bits per heavy atom. The minimum Gasteiger partial charge on any atom is -0.334 e. The highest BCUT2D eigenvalue weighted by molar-refractivity contribution is 6.33. The van der Waals surface area contributed by atoms with Crippen LogP contribution in [0.25, 0.3) is 11.5 Å². The predicted molar refractivity (Wildman–Crippen MR) is 90.9 cm³/mol. The molecule has 0 saturated carbocycles. The number of nitrogens with one attached hydrogen (secondary N) is 2. The van der Waals surface area contributed by atoms with Crippen molar-refractivity contribution < 1.29 is 14.1 Å². The Morgan fingerprint density at radius 1 is 1.00 bits per heavy atom. The van der Waals surface area contributed by atoms with E-state index >= 15 is 0 Å². The highest BCUT2D eigenvalue weighted by Crippen LogP contribution is 2.17. The van der Waals surface area contributed by atoms with E-state index in [0.717, 1.165) is 0 Å². The number of aryl methyl sites for hydroxylation is 1. The van der Waals surface area contributed by atoms with Gasteiger partial charge in [-0.05, 0) is 43.3 Å². The number of carbonyl (C=O) groups is 2. The Kier molecular flexibility index (Phi) is 4.76. The summed E-state index contributed by atoms with van der Waals surface area (Å²) in [5.41, 5.74) is 5.99. The summed E-state index contributed by atoms with van der Waals surface area (Å²) in [4.78, 5) is 28.2. The van der Waals surface area contributed by atoms with Crippen LogP contribution in [-0.4, -0.2) is 22.0 Å². The Balaban J connectivity index is 1.63. The fourth-order valence-electron chi connectivity index (χ4n) is 2.08. The van der Waals surface area contributed by atoms with E-state index in [0.29, 0.717) is 27.9 Å². The third-order valence-electron chi connectivity index (χ3n) is 3.33. The van der Waals surface area contributed by atoms with Crippen molar-refractivity contribution >= 4 is 23.4 Å². The molecule has 2 amide bonds. The van der Waals surface area contributed by atoms with Crippen molar-refractivity contribution in [1.29, 1.82) is 0 Å². The molecule has 2 aromatic carbocycles. The summed E-state index contributed by atoms with van der Waals surface area (Å²) < 4.78 is 5.06. The largest absolute Gasteiger partial charge is 0.334 e. The summed E-state index contributed by atoms with van der Waals surface area (Å²) >= 11 is 5.94. The zero-order valence-corrected chi connectivity index (χ0v) is 13.9. The molecule has 7 nitrogen and oxygen atoms in total. The van der Waals surface area contributed by atoms with Gasteiger partial charge < -0.3 is 4.52 Å². The Hall–Kier alpha value is -3.19. The molecule has 8 heteroatoms. The van der Waals surface area contributed by atoms with E-state index in [1.165, 1.54) is 0 Å². The summed E-state index contributed by atoms with van der Waals surface area (Å²) in [6.07, 6.45) is 0. The first kappa shape index (κ1) is 16.7. The molecule has 2 N–H and O–H groups in total. The first-order valence-electron chi connectivity index (χ1n) is 7.30. The van der Waals surface area contributed by atoms with E-state index in [4.69, 9.17) is 16.1 Å². The van der Waals surface area contributed by atoms with Crippen molar-refractivity contribution in [1.82, 2.24) is 21.0 Å². The standard InChI is InChI=1S/C17H13ClN4O3/c1-10-19-17(25-22-10)12-8-6-11(7-9-12)15(23)20-21-16(24)13-4-2-3-5-14(13)18/h2-9H,1H3,(H,20,23)(H,21,24). The number of rotatable bonds is 3. The van der Waals surface area contributed by atoms with E-state index in [-0.39, 0.29) is 5.56 Å². The molecule has 1 aromatic heterocycles. The summed E-state index contributed by atoms with van der Waals surface area (Å²) in [6, 6.07) is 13.1. The van der Waals surface area contributed by atoms with Crippen LogP contribution in [0.3, 0.4) is 0 Å². The predicted octanol–water partition coefficient (Wildman–Crippen LogP) is 2.77. The third kappa shape index (κ3) is 3.84. The first-order valence-corrected chi connectivity index (χ1v) is 7.68. The van der Waals surface area contributed by atoms with Crippen LogP contribution >= 0.6 is 11.6 Å². The number of carbonyl (C=O) groups excluding carboxylic acids is 2. The quantitative estimate of drug-likeness (QED) is 0.703. The number of aromatic nitrogens is 2. The lowest BCUT2D eigenvalue weighted by Gasteiger charge is -2.08. The van der Waals surface area contributed by atoms with Gasteiger partial charge in [0.05, 0.1) is 10.6 Å². The van der Waals surface area contributed by atoms with Gasteiger partial charge in [0.15, 0.2) is 5.82 Å². The summed E-state index contributed by atoms with van der Waals surface area (Å²) in [5, 5.41) is 4.01. The van der Waals surface area contributed by atoms with Crippen LogP contribution in [0.2, 0.25) is 5.02 Å². The van der Waals surface area contributed by atoms with E-state index < -0.39 is 11.8 Å². The van der Waals surface area contributed by atoms with Crippen molar-refractivity contribution in [3.05, 3.63) is 70.5 Å². The Labute approximate surface area is 148 Å². The van der Waals surface area contributed by atoms with Crippen molar-refractivity contribution in [3.63, 3.8) is 0 Å². The molecule has 0 saturated heterocycles. The topological polar surface area (TPSA) is 97.1 Å². The molecule has 0 spiro atoms. The molecule has 0 fully saturated rings. The number of nitrogens with zero attached hydrogens (tertiary/aromatic N) is 2. The van der Waals surface area contributed by atoms with Gasteiger partial charge in [-0.25, -0.2) is 0 Å². The molecule has 0 radical (unpaired) electrons. The van der Waals surface area contributed by atoms with Gasteiger partial charge in [-0.1, -0.05) is 28.9 Å². The number of benzene rings is 2. The monoisotopic (exact) mass is 356 g/mol. The molecule has 3 rings (SSSR count). The van der Waals surface area contributed by atoms with Crippen LogP contribution < -0.4 is 10.9 Å². The van der Waals surface area contributed by atoms with Crippen molar-refractivity contribution in [2.45, 2.75) is 6.92 Å². The number of amides is 2. The molecule has 0 bridgehead atoms. The van der Waals surface area contributed by atoms with Gasteiger partial charge in [0.2, 0.25) is 0 Å². The van der Waals surface area contributed by atoms with Gasteiger partial charge in [0.1, 0.15) is 0 Å². The Bertz CT molecular complexity index is 922. The lowest BCUT2D eigenvalue weighted by molar-refractivity contribution is 0.0847. The molecule has 0 unspecified atom stereocenters. The molecular formula is C17H13ClN4O3. The lowest BCUT2D eigenvalue weighted by atomic mass is 10.1. The van der Waals surface area contributed by atoms with Crippen LogP contribution in [-0.2, 0) is 0 Å². The van der Waals surface area contributed by atoms with E-state index in [1.54, 1.807) is 55.5 Å². The Morgan fingerprint density at radius 3 is 2.32 bits per heavy atom. The summed E-state index contributed by atoms with van der Waals surface area (Å²) in [6.45, 7) is 1.72. The molecular weight excluding hydrogens is 344 g/mol. The van der Waals surface area contributed by atoms with Gasteiger partial charge in [0.25, 0.3) is 17.7 Å². The average Bonchev–Trinajstić information content (AvgIpc) is 3.06. The maximum Gasteiger partial charge on any atom is 0.271 e. The van der Waals surface area contributed by atoms with Gasteiger partial charge in [-0.3, -0.25) is 20.4 Å². The maximum atomic E-state index is 12.1. The lowest BCUT2D eigenvalue weighted by Crippen LogP contribution is -2.41. The minimum atomic E-state index is -0.503. The second-order valence-corrected chi connectivity index (χ2v) is 5.52. The van der Waals surface area contributed by atoms with Crippen molar-refractivity contribution in [3.8, 4) is 11.5 Å². The molecule has 0 aliphatic rings. The number of halogens is 1. The number of hydrazine groups is 1. The van der Waals surface area contributed by atoms with Crippen LogP contribution in [0, 0.1) is 6.92 Å². The number of hydrogen-bond acceptors (Lipinski definition) is 5. The van der Waals surface area contributed by atoms with Crippen LogP contribution in [0.1, 0.15) is 26.5 Å². The second kappa shape index (κ2) is 7.14. The minimum absolute atomic E-state index is 0.270. The molecule has 3 aromatic rings. The van der Waals surface area contributed by atoms with Gasteiger partial charge in [-0.15, -0.1) is 0 Å². The summed E-state index contributed by atoms with van der Waals surface area (Å²) in [5.74, 6) is -0.0684. The van der Waals surface area contributed by atoms with Crippen LogP contribution in [0.4, 0.5) is 0 Å². The normalized spacial score (nSPS) is 10.3. The van der Waals surface area contributed by atoms with E-state index in [1.807, 2.05) is 0 Å². The van der Waals surface area contributed by atoms with Crippen LogP contribution in [0.5, 0.6) is 0 Å². The van der Waals surface area contributed by atoms with Crippen molar-refractivity contribution in [2.24, 2.45) is 0 Å². The molecule has 0 aliphatic heterocycles. The highest BCUT2D eigenvalue weighted by Gasteiger charge is 2.12. The zero-order valence-electron chi connectivity index (χ0n) is 13.1. The van der Waals surface area contributed by atoms with Crippen LogP contribution in [0.15, 0.2) is 53.1 Å². The first-order chi connectivity index (χ1) is 12.0. The fraction of sp³-hybridized carbons (Fsp3) is 0.0588. The fourth-order valence-corrected chi connectivity index (χ4v) is 2.30. The molecule has 1 heterocycles. The average molecular weight is 357 g/mol. The second-order valence-electron chi connectivity index (χ2n) is 5.11.